The molecule has 15 heavy (non-hydrogen) atoms. The Balaban J connectivity index is 2.63. The van der Waals surface area contributed by atoms with E-state index in [-0.39, 0.29) is 6.10 Å². The molecule has 1 N–H and O–H groups in total. The summed E-state index contributed by atoms with van der Waals surface area (Å²) in [7, 11) is 1.88. The number of aliphatic hydroxyl groups is 1. The maximum absolute atomic E-state index is 9.39. The minimum absolute atomic E-state index is 0.311. The maximum atomic E-state index is 9.39. The van der Waals surface area contributed by atoms with E-state index >= 15 is 0 Å². The van der Waals surface area contributed by atoms with Crippen LogP contribution in [0.2, 0.25) is 0 Å². The average molecular weight is 212 g/mol. The third-order valence-electron chi connectivity index (χ3n) is 2.40. The molecule has 0 aromatic carbocycles. The third kappa shape index (κ3) is 3.60. The molecular weight excluding hydrogens is 192 g/mol. The van der Waals surface area contributed by atoms with Crippen LogP contribution in [0.4, 0.5) is 0 Å². The zero-order chi connectivity index (χ0) is 11.4. The van der Waals surface area contributed by atoms with Gasteiger partial charge in [-0.15, -0.1) is 5.10 Å². The molecule has 1 atom stereocenters. The van der Waals surface area contributed by atoms with Crippen molar-refractivity contribution < 1.29 is 5.11 Å². The molecule has 0 aliphatic heterocycles. The molecule has 0 spiro atoms. The lowest BCUT2D eigenvalue weighted by molar-refractivity contribution is 0.101. The predicted molar refractivity (Wildman–Crippen MR) is 58.2 cm³/mol. The van der Waals surface area contributed by atoms with Crippen molar-refractivity contribution >= 4 is 0 Å². The van der Waals surface area contributed by atoms with Crippen molar-refractivity contribution in [1.82, 2.24) is 19.9 Å². The summed E-state index contributed by atoms with van der Waals surface area (Å²) in [6.45, 7) is 7.48. The number of hydrogen-bond acceptors (Lipinski definition) is 4. The van der Waals surface area contributed by atoms with E-state index < -0.39 is 0 Å². The summed E-state index contributed by atoms with van der Waals surface area (Å²) in [5.41, 5.74) is 1.06. The van der Waals surface area contributed by atoms with Gasteiger partial charge in [-0.3, -0.25) is 9.58 Å². The standard InChI is InChI=1S/C10H20N4O/c1-8(2)14(6-9(3)15)7-10-5-11-12-13(10)4/h5,8-9,15H,6-7H2,1-4H3. The van der Waals surface area contributed by atoms with Crippen LogP contribution in [0.15, 0.2) is 6.20 Å². The van der Waals surface area contributed by atoms with Gasteiger partial charge in [0.15, 0.2) is 0 Å². The summed E-state index contributed by atoms with van der Waals surface area (Å²) in [5, 5.41) is 17.1. The fourth-order valence-corrected chi connectivity index (χ4v) is 1.46. The highest BCUT2D eigenvalue weighted by Crippen LogP contribution is 2.07. The molecule has 86 valence electrons. The summed E-state index contributed by atoms with van der Waals surface area (Å²) >= 11 is 0. The lowest BCUT2D eigenvalue weighted by atomic mass is 10.2. The van der Waals surface area contributed by atoms with Crippen molar-refractivity contribution in [2.24, 2.45) is 7.05 Å². The first-order chi connectivity index (χ1) is 7.00. The third-order valence-corrected chi connectivity index (χ3v) is 2.40. The molecule has 0 fully saturated rings. The van der Waals surface area contributed by atoms with E-state index in [1.165, 1.54) is 0 Å². The Morgan fingerprint density at radius 2 is 2.13 bits per heavy atom. The van der Waals surface area contributed by atoms with Crippen LogP contribution in [0.1, 0.15) is 26.5 Å². The molecular formula is C10H20N4O. The summed E-state index contributed by atoms with van der Waals surface area (Å²) in [4.78, 5) is 2.20. The van der Waals surface area contributed by atoms with Gasteiger partial charge in [-0.1, -0.05) is 5.21 Å². The Hall–Kier alpha value is -0.940. The normalized spacial score (nSPS) is 13.8. The predicted octanol–water partition coefficient (Wildman–Crippen LogP) is 0.406. The van der Waals surface area contributed by atoms with Crippen molar-refractivity contribution in [3.05, 3.63) is 11.9 Å². The van der Waals surface area contributed by atoms with Gasteiger partial charge in [-0.25, -0.2) is 0 Å². The van der Waals surface area contributed by atoms with Crippen molar-refractivity contribution in [2.75, 3.05) is 6.54 Å². The van der Waals surface area contributed by atoms with Crippen LogP contribution >= 0.6 is 0 Å². The summed E-state index contributed by atoms with van der Waals surface area (Å²) in [5.74, 6) is 0. The zero-order valence-corrected chi connectivity index (χ0v) is 9.88. The molecule has 1 heterocycles. The molecule has 0 saturated carbocycles. The summed E-state index contributed by atoms with van der Waals surface area (Å²) in [6, 6.07) is 0.398. The first-order valence-electron chi connectivity index (χ1n) is 5.26. The molecule has 0 amide bonds. The van der Waals surface area contributed by atoms with Gasteiger partial charge in [0, 0.05) is 26.2 Å². The van der Waals surface area contributed by atoms with Crippen molar-refractivity contribution in [3.8, 4) is 0 Å². The highest BCUT2D eigenvalue weighted by molar-refractivity contribution is 4.93. The first-order valence-corrected chi connectivity index (χ1v) is 5.26. The molecule has 1 aromatic rings. The van der Waals surface area contributed by atoms with E-state index in [0.717, 1.165) is 12.2 Å². The second-order valence-electron chi connectivity index (χ2n) is 4.22. The minimum atomic E-state index is -0.311. The van der Waals surface area contributed by atoms with Gasteiger partial charge < -0.3 is 5.11 Å². The fraction of sp³-hybridized carbons (Fsp3) is 0.800. The number of aliphatic hydroxyl groups excluding tert-OH is 1. The van der Waals surface area contributed by atoms with E-state index in [2.05, 4.69) is 29.1 Å². The van der Waals surface area contributed by atoms with Gasteiger partial charge in [0.2, 0.25) is 0 Å². The number of rotatable bonds is 5. The van der Waals surface area contributed by atoms with E-state index in [1.54, 1.807) is 17.8 Å². The van der Waals surface area contributed by atoms with Gasteiger partial charge in [-0.05, 0) is 20.8 Å². The van der Waals surface area contributed by atoms with Crippen LogP contribution in [0.3, 0.4) is 0 Å². The smallest absolute Gasteiger partial charge is 0.0738 e. The van der Waals surface area contributed by atoms with Crippen LogP contribution in [0, 0.1) is 0 Å². The molecule has 0 bridgehead atoms. The lowest BCUT2D eigenvalue weighted by Gasteiger charge is -2.27. The molecule has 5 nitrogen and oxygen atoms in total. The van der Waals surface area contributed by atoms with Gasteiger partial charge in [0.05, 0.1) is 18.0 Å². The Bertz CT molecular complexity index is 295. The quantitative estimate of drug-likeness (QED) is 0.768. The Kier molecular flexibility index (Phi) is 4.23. The molecule has 0 aliphatic rings. The largest absolute Gasteiger partial charge is 0.392 e. The van der Waals surface area contributed by atoms with Crippen LogP contribution in [0.25, 0.3) is 0 Å². The summed E-state index contributed by atoms with van der Waals surface area (Å²) < 4.78 is 1.76. The molecule has 1 aromatic heterocycles. The Morgan fingerprint density at radius 3 is 2.53 bits per heavy atom. The van der Waals surface area contributed by atoms with Crippen LogP contribution < -0.4 is 0 Å². The first kappa shape index (κ1) is 12.1. The van der Waals surface area contributed by atoms with Crippen molar-refractivity contribution in [2.45, 2.75) is 39.5 Å². The van der Waals surface area contributed by atoms with Crippen LogP contribution in [0.5, 0.6) is 0 Å². The number of nitrogens with zero attached hydrogens (tertiary/aromatic N) is 4. The highest BCUT2D eigenvalue weighted by Gasteiger charge is 2.14. The second-order valence-corrected chi connectivity index (χ2v) is 4.22. The topological polar surface area (TPSA) is 54.2 Å². The average Bonchev–Trinajstić information content (AvgIpc) is 2.50. The summed E-state index contributed by atoms with van der Waals surface area (Å²) in [6.07, 6.45) is 1.45. The van der Waals surface area contributed by atoms with Crippen LogP contribution in [-0.2, 0) is 13.6 Å². The van der Waals surface area contributed by atoms with E-state index in [1.807, 2.05) is 7.05 Å². The lowest BCUT2D eigenvalue weighted by Crippen LogP contribution is -2.36. The Morgan fingerprint density at radius 1 is 1.47 bits per heavy atom. The second kappa shape index (κ2) is 5.23. The monoisotopic (exact) mass is 212 g/mol. The molecule has 0 aliphatic carbocycles. The molecule has 5 heteroatoms. The van der Waals surface area contributed by atoms with Gasteiger partial charge in [0.1, 0.15) is 0 Å². The minimum Gasteiger partial charge on any atom is -0.392 e. The van der Waals surface area contributed by atoms with Gasteiger partial charge >= 0.3 is 0 Å². The molecule has 1 unspecified atom stereocenters. The van der Waals surface area contributed by atoms with Crippen molar-refractivity contribution in [1.29, 1.82) is 0 Å². The molecule has 1 rings (SSSR count). The van der Waals surface area contributed by atoms with Gasteiger partial charge in [0.25, 0.3) is 0 Å². The van der Waals surface area contributed by atoms with Gasteiger partial charge in [-0.2, -0.15) is 0 Å². The van der Waals surface area contributed by atoms with Crippen LogP contribution in [-0.4, -0.2) is 43.7 Å². The van der Waals surface area contributed by atoms with E-state index in [0.29, 0.717) is 12.6 Å². The number of aryl methyl sites for hydroxylation is 1. The number of aromatic nitrogens is 3. The fourth-order valence-electron chi connectivity index (χ4n) is 1.46. The highest BCUT2D eigenvalue weighted by atomic mass is 16.3. The molecule has 0 saturated heterocycles. The molecule has 0 radical (unpaired) electrons. The van der Waals surface area contributed by atoms with E-state index in [4.69, 9.17) is 0 Å². The van der Waals surface area contributed by atoms with E-state index in [9.17, 15) is 5.11 Å². The number of hydrogen-bond donors (Lipinski definition) is 1. The Labute approximate surface area is 90.7 Å². The van der Waals surface area contributed by atoms with Crippen molar-refractivity contribution in [3.63, 3.8) is 0 Å². The maximum Gasteiger partial charge on any atom is 0.0738 e. The SMILES string of the molecule is CC(O)CN(Cc1cnnn1C)C(C)C. The zero-order valence-electron chi connectivity index (χ0n) is 9.88.